The smallest absolute Gasteiger partial charge is 0.339 e. The molecule has 2 heterocycles. The summed E-state index contributed by atoms with van der Waals surface area (Å²) >= 11 is 6.05. The van der Waals surface area contributed by atoms with E-state index in [0.717, 1.165) is 0 Å². The number of fused-ring (bicyclic) bond motifs is 2. The van der Waals surface area contributed by atoms with Crippen LogP contribution < -0.4 is 20.5 Å². The molecule has 0 unspecified atom stereocenters. The fourth-order valence-electron chi connectivity index (χ4n) is 2.72. The van der Waals surface area contributed by atoms with Crippen molar-refractivity contribution in [2.45, 2.75) is 13.0 Å². The van der Waals surface area contributed by atoms with Gasteiger partial charge in [0.15, 0.2) is 17.6 Å². The van der Waals surface area contributed by atoms with Crippen LogP contribution in [0.25, 0.3) is 11.0 Å². The van der Waals surface area contributed by atoms with Gasteiger partial charge in [-0.15, -0.1) is 0 Å². The van der Waals surface area contributed by atoms with E-state index in [1.54, 1.807) is 18.2 Å². The van der Waals surface area contributed by atoms with Crippen LogP contribution in [0.3, 0.4) is 0 Å². The molecule has 0 saturated heterocycles. The van der Waals surface area contributed by atoms with Crippen molar-refractivity contribution in [2.75, 3.05) is 12.1 Å². The standard InChI is InChI=1S/C18H14ClN3O6/c1-8(16(23)20-10-2-3-12-13(6-10)22-18(25)21-12)28-17(24)9-4-11(19)15-14(5-9)26-7-27-15/h2-6,8H,7H2,1H3,(H,20,23)(H2,21,22,25)/t8-/m0/s1. The summed E-state index contributed by atoms with van der Waals surface area (Å²) in [6.07, 6.45) is -1.07. The highest BCUT2D eigenvalue weighted by molar-refractivity contribution is 6.32. The molecule has 0 bridgehead atoms. The van der Waals surface area contributed by atoms with Crippen LogP contribution in [0.15, 0.2) is 35.1 Å². The van der Waals surface area contributed by atoms with Gasteiger partial charge in [-0.1, -0.05) is 11.6 Å². The average Bonchev–Trinajstić information content (AvgIpc) is 3.26. The summed E-state index contributed by atoms with van der Waals surface area (Å²) in [4.78, 5) is 41.2. The molecule has 10 heteroatoms. The zero-order valence-electron chi connectivity index (χ0n) is 14.5. The van der Waals surface area contributed by atoms with E-state index >= 15 is 0 Å². The molecule has 1 atom stereocenters. The largest absolute Gasteiger partial charge is 0.454 e. The van der Waals surface area contributed by atoms with Crippen molar-refractivity contribution in [1.82, 2.24) is 9.97 Å². The number of halogens is 1. The highest BCUT2D eigenvalue weighted by Gasteiger charge is 2.24. The second-order valence-electron chi connectivity index (χ2n) is 6.07. The Morgan fingerprint density at radius 1 is 1.18 bits per heavy atom. The third kappa shape index (κ3) is 3.39. The van der Waals surface area contributed by atoms with Gasteiger partial charge in [-0.3, -0.25) is 4.79 Å². The number of rotatable bonds is 4. The first-order valence-corrected chi connectivity index (χ1v) is 8.61. The van der Waals surface area contributed by atoms with Gasteiger partial charge in [0.05, 0.1) is 21.6 Å². The molecule has 28 heavy (non-hydrogen) atoms. The molecule has 0 saturated carbocycles. The summed E-state index contributed by atoms with van der Waals surface area (Å²) in [7, 11) is 0. The summed E-state index contributed by atoms with van der Waals surface area (Å²) in [6, 6.07) is 7.69. The van der Waals surface area contributed by atoms with Crippen molar-refractivity contribution < 1.29 is 23.8 Å². The van der Waals surface area contributed by atoms with E-state index in [-0.39, 0.29) is 23.1 Å². The Bertz CT molecular complexity index is 1150. The first-order chi connectivity index (χ1) is 13.4. The van der Waals surface area contributed by atoms with E-state index < -0.39 is 18.0 Å². The molecule has 0 radical (unpaired) electrons. The van der Waals surface area contributed by atoms with Gasteiger partial charge in [-0.05, 0) is 37.3 Å². The molecule has 0 spiro atoms. The monoisotopic (exact) mass is 403 g/mol. The van der Waals surface area contributed by atoms with E-state index in [0.29, 0.717) is 28.2 Å². The number of amides is 1. The van der Waals surface area contributed by atoms with Crippen molar-refractivity contribution in [1.29, 1.82) is 0 Å². The van der Waals surface area contributed by atoms with Gasteiger partial charge in [0.25, 0.3) is 5.91 Å². The summed E-state index contributed by atoms with van der Waals surface area (Å²) in [5, 5.41) is 2.85. The molecule has 0 aliphatic carbocycles. The van der Waals surface area contributed by atoms with Crippen LogP contribution in [0.2, 0.25) is 5.02 Å². The minimum atomic E-state index is -1.07. The Hall–Kier alpha value is -3.46. The number of imidazole rings is 1. The van der Waals surface area contributed by atoms with Crippen molar-refractivity contribution >= 4 is 40.2 Å². The molecular weight excluding hydrogens is 390 g/mol. The van der Waals surface area contributed by atoms with Crippen molar-refractivity contribution in [3.05, 3.63) is 51.4 Å². The maximum Gasteiger partial charge on any atom is 0.339 e. The number of aromatic amines is 2. The molecule has 4 rings (SSSR count). The summed E-state index contributed by atoms with van der Waals surface area (Å²) in [5.41, 5.74) is 1.40. The first kappa shape index (κ1) is 17.9. The highest BCUT2D eigenvalue weighted by Crippen LogP contribution is 2.39. The molecule has 0 fully saturated rings. The normalized spacial score (nSPS) is 13.4. The van der Waals surface area contributed by atoms with Gasteiger partial charge in [0.2, 0.25) is 6.79 Å². The summed E-state index contributed by atoms with van der Waals surface area (Å²) in [6.45, 7) is 1.46. The highest BCUT2D eigenvalue weighted by atomic mass is 35.5. The quantitative estimate of drug-likeness (QED) is 0.575. The van der Waals surface area contributed by atoms with Crippen LogP contribution in [0.5, 0.6) is 11.5 Å². The molecule has 144 valence electrons. The van der Waals surface area contributed by atoms with E-state index in [9.17, 15) is 14.4 Å². The second-order valence-corrected chi connectivity index (χ2v) is 6.48. The summed E-state index contributed by atoms with van der Waals surface area (Å²) in [5.74, 6) is -0.557. The van der Waals surface area contributed by atoms with Gasteiger partial charge in [-0.2, -0.15) is 0 Å². The van der Waals surface area contributed by atoms with Gasteiger partial charge < -0.3 is 29.5 Å². The lowest BCUT2D eigenvalue weighted by atomic mass is 10.2. The molecule has 1 aliphatic heterocycles. The van der Waals surface area contributed by atoms with Gasteiger partial charge in [-0.25, -0.2) is 9.59 Å². The van der Waals surface area contributed by atoms with Crippen LogP contribution in [-0.4, -0.2) is 34.7 Å². The third-order valence-electron chi connectivity index (χ3n) is 4.10. The number of H-pyrrole nitrogens is 2. The topological polar surface area (TPSA) is 123 Å². The zero-order valence-corrected chi connectivity index (χ0v) is 15.3. The third-order valence-corrected chi connectivity index (χ3v) is 4.38. The van der Waals surface area contributed by atoms with Gasteiger partial charge in [0, 0.05) is 5.69 Å². The number of hydrogen-bond donors (Lipinski definition) is 3. The van der Waals surface area contributed by atoms with Crippen molar-refractivity contribution in [3.8, 4) is 11.5 Å². The SMILES string of the molecule is C[C@H](OC(=O)c1cc(Cl)c2c(c1)OCO2)C(=O)Nc1ccc2[nH]c(=O)[nH]c2c1. The van der Waals surface area contributed by atoms with Crippen molar-refractivity contribution in [2.24, 2.45) is 0 Å². The molecule has 3 aromatic rings. The fourth-order valence-corrected chi connectivity index (χ4v) is 2.99. The Labute approximate surface area is 162 Å². The molecule has 1 aromatic heterocycles. The lowest BCUT2D eigenvalue weighted by Crippen LogP contribution is -2.30. The predicted octanol–water partition coefficient (Wildman–Crippen LogP) is 2.42. The van der Waals surface area contributed by atoms with E-state index in [1.807, 2.05) is 0 Å². The maximum absolute atomic E-state index is 12.3. The number of carbonyl (C=O) groups excluding carboxylic acids is 2. The van der Waals surface area contributed by atoms with Gasteiger partial charge >= 0.3 is 11.7 Å². The number of aromatic nitrogens is 2. The number of esters is 1. The molecular formula is C18H14ClN3O6. The van der Waals surface area contributed by atoms with Crippen molar-refractivity contribution in [3.63, 3.8) is 0 Å². The number of benzene rings is 2. The van der Waals surface area contributed by atoms with Crippen LogP contribution in [0, 0.1) is 0 Å². The number of hydrogen-bond acceptors (Lipinski definition) is 6. The molecule has 2 aromatic carbocycles. The minimum Gasteiger partial charge on any atom is -0.454 e. The predicted molar refractivity (Wildman–Crippen MR) is 100 cm³/mol. The van der Waals surface area contributed by atoms with Crippen LogP contribution >= 0.6 is 11.6 Å². The molecule has 9 nitrogen and oxygen atoms in total. The Morgan fingerprint density at radius 2 is 1.96 bits per heavy atom. The van der Waals surface area contributed by atoms with Gasteiger partial charge in [0.1, 0.15) is 0 Å². The number of anilines is 1. The molecule has 1 aliphatic rings. The van der Waals surface area contributed by atoms with E-state index in [2.05, 4.69) is 15.3 Å². The van der Waals surface area contributed by atoms with E-state index in [4.69, 9.17) is 25.8 Å². The maximum atomic E-state index is 12.3. The Kier molecular flexibility index (Phi) is 4.44. The van der Waals surface area contributed by atoms with Crippen LogP contribution in [0.4, 0.5) is 5.69 Å². The lowest BCUT2D eigenvalue weighted by Gasteiger charge is -2.14. The molecule has 3 N–H and O–H groups in total. The fraction of sp³-hybridized carbons (Fsp3) is 0.167. The minimum absolute atomic E-state index is 0.0170. The number of nitrogens with one attached hydrogen (secondary N) is 3. The van der Waals surface area contributed by atoms with Crippen LogP contribution in [-0.2, 0) is 9.53 Å². The van der Waals surface area contributed by atoms with Crippen LogP contribution in [0.1, 0.15) is 17.3 Å². The Morgan fingerprint density at radius 3 is 2.79 bits per heavy atom. The number of carbonyl (C=O) groups is 2. The molecule has 1 amide bonds. The second kappa shape index (κ2) is 6.93. The first-order valence-electron chi connectivity index (χ1n) is 8.24. The summed E-state index contributed by atoms with van der Waals surface area (Å²) < 4.78 is 15.6. The van der Waals surface area contributed by atoms with E-state index in [1.165, 1.54) is 19.1 Å². The zero-order chi connectivity index (χ0) is 19.8. The average molecular weight is 404 g/mol. The number of ether oxygens (including phenoxy) is 3. The lowest BCUT2D eigenvalue weighted by molar-refractivity contribution is -0.123. The Balaban J connectivity index is 1.44.